The van der Waals surface area contributed by atoms with Crippen LogP contribution in [0, 0.1) is 5.92 Å². The highest BCUT2D eigenvalue weighted by Crippen LogP contribution is 2.34. The van der Waals surface area contributed by atoms with Crippen molar-refractivity contribution >= 4 is 35.1 Å². The van der Waals surface area contributed by atoms with Crippen molar-refractivity contribution in [3.8, 4) is 0 Å². The van der Waals surface area contributed by atoms with E-state index in [4.69, 9.17) is 0 Å². The number of nitrogens with one attached hydrogen (secondary N) is 1. The van der Waals surface area contributed by atoms with Gasteiger partial charge in [0, 0.05) is 15.9 Å². The monoisotopic (exact) mass is 387 g/mol. The van der Waals surface area contributed by atoms with Crippen LogP contribution in [0.3, 0.4) is 0 Å². The molecule has 2 aromatic carbocycles. The van der Waals surface area contributed by atoms with Crippen molar-refractivity contribution in [2.24, 2.45) is 5.92 Å². The molecule has 0 saturated heterocycles. The van der Waals surface area contributed by atoms with Crippen LogP contribution in [-0.4, -0.2) is 5.91 Å². The molecule has 1 atom stereocenters. The third-order valence-electron chi connectivity index (χ3n) is 5.52. The van der Waals surface area contributed by atoms with Crippen LogP contribution >= 0.6 is 11.3 Å². The molecular weight excluding hydrogens is 362 g/mol. The Morgan fingerprint density at radius 3 is 2.50 bits per heavy atom. The standard InChI is InChI=1S/C25H25NOS/c1-2-18-12-15-22-23(17-28-24(22)16-18)25(27)26-21-13-10-20(11-14-21)9-8-19-6-4-3-5-7-19/h3-11,13-14,17-18H,2,12,15-16H2,1H3,(H,26,27). The first-order chi connectivity index (χ1) is 13.7. The van der Waals surface area contributed by atoms with Crippen LogP contribution in [0.5, 0.6) is 0 Å². The van der Waals surface area contributed by atoms with Crippen LogP contribution in [-0.2, 0) is 12.8 Å². The van der Waals surface area contributed by atoms with Crippen molar-refractivity contribution < 1.29 is 4.79 Å². The van der Waals surface area contributed by atoms with E-state index in [-0.39, 0.29) is 5.91 Å². The molecule has 0 fully saturated rings. The molecule has 1 N–H and O–H groups in total. The highest BCUT2D eigenvalue weighted by Gasteiger charge is 2.24. The molecular formula is C25H25NOS. The highest BCUT2D eigenvalue weighted by atomic mass is 32.1. The predicted molar refractivity (Wildman–Crippen MR) is 120 cm³/mol. The Morgan fingerprint density at radius 1 is 1.07 bits per heavy atom. The first-order valence-electron chi connectivity index (χ1n) is 9.96. The minimum absolute atomic E-state index is 0.0139. The quantitative estimate of drug-likeness (QED) is 0.486. The van der Waals surface area contributed by atoms with Crippen LogP contribution in [0.4, 0.5) is 5.69 Å². The average Bonchev–Trinajstić information content (AvgIpc) is 3.17. The number of carbonyl (C=O) groups is 1. The van der Waals surface area contributed by atoms with Gasteiger partial charge in [0.1, 0.15) is 0 Å². The van der Waals surface area contributed by atoms with Crippen LogP contribution in [0.25, 0.3) is 12.2 Å². The zero-order valence-corrected chi connectivity index (χ0v) is 17.0. The number of hydrogen-bond acceptors (Lipinski definition) is 2. The van der Waals surface area contributed by atoms with Gasteiger partial charge in [-0.15, -0.1) is 11.3 Å². The summed E-state index contributed by atoms with van der Waals surface area (Å²) in [5.41, 5.74) is 5.26. The van der Waals surface area contributed by atoms with E-state index in [0.717, 1.165) is 35.6 Å². The van der Waals surface area contributed by atoms with Crippen LogP contribution in [0.1, 0.15) is 51.7 Å². The van der Waals surface area contributed by atoms with Gasteiger partial charge in [0.25, 0.3) is 5.91 Å². The first-order valence-corrected chi connectivity index (χ1v) is 10.8. The lowest BCUT2D eigenvalue weighted by Gasteiger charge is -2.21. The lowest BCUT2D eigenvalue weighted by atomic mass is 9.86. The fraction of sp³-hybridized carbons (Fsp3) is 0.240. The van der Waals surface area contributed by atoms with Crippen molar-refractivity contribution in [1.29, 1.82) is 0 Å². The van der Waals surface area contributed by atoms with E-state index in [2.05, 4.69) is 36.5 Å². The van der Waals surface area contributed by atoms with E-state index in [1.807, 2.05) is 47.8 Å². The Kier molecular flexibility index (Phi) is 5.73. The minimum Gasteiger partial charge on any atom is -0.322 e. The van der Waals surface area contributed by atoms with E-state index >= 15 is 0 Å². The van der Waals surface area contributed by atoms with Gasteiger partial charge in [-0.1, -0.05) is 68.0 Å². The number of carbonyl (C=O) groups excluding carboxylic acids is 1. The second-order valence-electron chi connectivity index (χ2n) is 7.39. The highest BCUT2D eigenvalue weighted by molar-refractivity contribution is 7.10. The first kappa shape index (κ1) is 18.7. The topological polar surface area (TPSA) is 29.1 Å². The summed E-state index contributed by atoms with van der Waals surface area (Å²) in [7, 11) is 0. The molecule has 3 heteroatoms. The normalized spacial score (nSPS) is 16.1. The van der Waals surface area contributed by atoms with Gasteiger partial charge in [0.15, 0.2) is 0 Å². The van der Waals surface area contributed by atoms with Crippen molar-refractivity contribution in [2.45, 2.75) is 32.6 Å². The molecule has 4 rings (SSSR count). The summed E-state index contributed by atoms with van der Waals surface area (Å²) in [6.07, 6.45) is 8.76. The molecule has 1 amide bonds. The minimum atomic E-state index is 0.0139. The molecule has 2 nitrogen and oxygen atoms in total. The van der Waals surface area contributed by atoms with Gasteiger partial charge in [-0.2, -0.15) is 0 Å². The number of thiophene rings is 1. The Morgan fingerprint density at radius 2 is 1.79 bits per heavy atom. The largest absolute Gasteiger partial charge is 0.322 e. The van der Waals surface area contributed by atoms with Crippen molar-refractivity contribution in [3.63, 3.8) is 0 Å². The zero-order chi connectivity index (χ0) is 19.3. The summed E-state index contributed by atoms with van der Waals surface area (Å²) in [6, 6.07) is 18.2. The van der Waals surface area contributed by atoms with Crippen LogP contribution < -0.4 is 5.32 Å². The molecule has 1 aromatic heterocycles. The van der Waals surface area contributed by atoms with Crippen LogP contribution in [0.2, 0.25) is 0 Å². The predicted octanol–water partition coefficient (Wildman–Crippen LogP) is 6.69. The average molecular weight is 388 g/mol. The fourth-order valence-electron chi connectivity index (χ4n) is 3.75. The van der Waals surface area contributed by atoms with Crippen molar-refractivity contribution in [3.05, 3.63) is 87.1 Å². The lowest BCUT2D eigenvalue weighted by molar-refractivity contribution is 0.102. The second kappa shape index (κ2) is 8.57. The maximum Gasteiger partial charge on any atom is 0.256 e. The Bertz CT molecular complexity index is 970. The van der Waals surface area contributed by atoms with Gasteiger partial charge in [0.2, 0.25) is 0 Å². The zero-order valence-electron chi connectivity index (χ0n) is 16.2. The molecule has 0 radical (unpaired) electrons. The van der Waals surface area contributed by atoms with Gasteiger partial charge in [-0.25, -0.2) is 0 Å². The van der Waals surface area contributed by atoms with Crippen molar-refractivity contribution in [1.82, 2.24) is 0 Å². The summed E-state index contributed by atoms with van der Waals surface area (Å²) in [5.74, 6) is 0.790. The Balaban J connectivity index is 1.42. The van der Waals surface area contributed by atoms with E-state index in [1.165, 1.54) is 28.8 Å². The molecule has 28 heavy (non-hydrogen) atoms. The van der Waals surface area contributed by atoms with E-state index in [0.29, 0.717) is 0 Å². The van der Waals surface area contributed by atoms with Gasteiger partial charge in [-0.3, -0.25) is 4.79 Å². The molecule has 1 aliphatic carbocycles. The number of fused-ring (bicyclic) bond motifs is 1. The van der Waals surface area contributed by atoms with Crippen molar-refractivity contribution in [2.75, 3.05) is 5.32 Å². The van der Waals surface area contributed by atoms with Gasteiger partial charge >= 0.3 is 0 Å². The fourth-order valence-corrected chi connectivity index (χ4v) is 4.95. The van der Waals surface area contributed by atoms with E-state index in [9.17, 15) is 4.79 Å². The third kappa shape index (κ3) is 4.26. The summed E-state index contributed by atoms with van der Waals surface area (Å²) in [4.78, 5) is 14.2. The summed E-state index contributed by atoms with van der Waals surface area (Å²) in [5, 5.41) is 5.10. The molecule has 3 aromatic rings. The Labute approximate surface area is 170 Å². The SMILES string of the molecule is CCC1CCc2c(C(=O)Nc3ccc(C=Cc4ccccc4)cc3)csc2C1. The molecule has 142 valence electrons. The summed E-state index contributed by atoms with van der Waals surface area (Å²) in [6.45, 7) is 2.26. The molecule has 0 aliphatic heterocycles. The maximum atomic E-state index is 12.8. The number of benzene rings is 2. The number of rotatable bonds is 5. The third-order valence-corrected chi connectivity index (χ3v) is 6.57. The maximum absolute atomic E-state index is 12.8. The summed E-state index contributed by atoms with van der Waals surface area (Å²) >= 11 is 1.75. The van der Waals surface area contributed by atoms with E-state index in [1.54, 1.807) is 11.3 Å². The van der Waals surface area contributed by atoms with Gasteiger partial charge in [-0.05, 0) is 54.0 Å². The van der Waals surface area contributed by atoms with Crippen LogP contribution in [0.15, 0.2) is 60.0 Å². The van der Waals surface area contributed by atoms with Gasteiger partial charge in [0.05, 0.1) is 5.56 Å². The van der Waals surface area contributed by atoms with E-state index < -0.39 is 0 Å². The molecule has 1 unspecified atom stereocenters. The number of anilines is 1. The number of amides is 1. The molecule has 1 aliphatic rings. The van der Waals surface area contributed by atoms with Gasteiger partial charge < -0.3 is 5.32 Å². The smallest absolute Gasteiger partial charge is 0.256 e. The molecule has 1 heterocycles. The molecule has 0 spiro atoms. The Hall–Kier alpha value is -2.65. The lowest BCUT2D eigenvalue weighted by Crippen LogP contribution is -2.17. The summed E-state index contributed by atoms with van der Waals surface area (Å²) < 4.78 is 0. The second-order valence-corrected chi connectivity index (χ2v) is 8.35. The number of hydrogen-bond donors (Lipinski definition) is 1. The molecule has 0 bridgehead atoms. The molecule has 0 saturated carbocycles.